The van der Waals surface area contributed by atoms with Gasteiger partial charge in [0.15, 0.2) is 0 Å². The largest absolute Gasteiger partial charge is 0.0628 e. The van der Waals surface area contributed by atoms with Crippen LogP contribution in [0.15, 0.2) is 18.2 Å². The van der Waals surface area contributed by atoms with Gasteiger partial charge in [0, 0.05) is 0 Å². The van der Waals surface area contributed by atoms with Crippen LogP contribution in [-0.4, -0.2) is 0 Å². The van der Waals surface area contributed by atoms with E-state index in [1.807, 2.05) is 0 Å². The molecule has 2 aliphatic rings. The number of rotatable bonds is 3. The van der Waals surface area contributed by atoms with Gasteiger partial charge in [-0.05, 0) is 77.4 Å². The molecule has 0 unspecified atom stereocenters. The average Bonchev–Trinajstić information content (AvgIpc) is 2.45. The van der Waals surface area contributed by atoms with Crippen molar-refractivity contribution in [3.05, 3.63) is 34.9 Å². The van der Waals surface area contributed by atoms with Crippen molar-refractivity contribution in [2.24, 2.45) is 17.3 Å². The second-order valence-corrected chi connectivity index (χ2v) is 9.69. The Morgan fingerprint density at radius 2 is 1.83 bits per heavy atom. The highest BCUT2D eigenvalue weighted by molar-refractivity contribution is 5.42. The smallest absolute Gasteiger partial charge is 0.00390 e. The second kappa shape index (κ2) is 5.94. The zero-order chi connectivity index (χ0) is 16.8. The zero-order valence-corrected chi connectivity index (χ0v) is 16.2. The number of hydrogen-bond donors (Lipinski definition) is 0. The quantitative estimate of drug-likeness (QED) is 0.571. The van der Waals surface area contributed by atoms with Crippen molar-refractivity contribution in [2.45, 2.75) is 91.4 Å². The van der Waals surface area contributed by atoms with Crippen molar-refractivity contribution in [1.29, 1.82) is 0 Å². The molecule has 3 atom stereocenters. The van der Waals surface area contributed by atoms with Crippen molar-refractivity contribution in [1.82, 2.24) is 0 Å². The van der Waals surface area contributed by atoms with Gasteiger partial charge in [0.2, 0.25) is 0 Å². The third kappa shape index (κ3) is 2.87. The predicted octanol–water partition coefficient (Wildman–Crippen LogP) is 6.87. The van der Waals surface area contributed by atoms with E-state index in [2.05, 4.69) is 59.7 Å². The van der Waals surface area contributed by atoms with E-state index in [9.17, 15) is 0 Å². The molecule has 1 aromatic carbocycles. The Bertz CT molecular complexity index is 567. The lowest BCUT2D eigenvalue weighted by atomic mass is 9.48. The van der Waals surface area contributed by atoms with E-state index in [0.717, 1.165) is 11.8 Å². The van der Waals surface area contributed by atoms with Gasteiger partial charge in [-0.1, -0.05) is 66.2 Å². The van der Waals surface area contributed by atoms with Crippen LogP contribution in [0.2, 0.25) is 0 Å². The molecule has 2 aliphatic carbocycles. The first-order valence-corrected chi connectivity index (χ1v) is 9.89. The number of fused-ring (bicyclic) bond motifs is 3. The highest BCUT2D eigenvalue weighted by atomic mass is 14.6. The summed E-state index contributed by atoms with van der Waals surface area (Å²) in [6.45, 7) is 14.6. The van der Waals surface area contributed by atoms with E-state index in [-0.39, 0.29) is 0 Å². The van der Waals surface area contributed by atoms with E-state index in [1.165, 1.54) is 44.1 Å². The molecule has 0 N–H and O–H groups in total. The fraction of sp³-hybridized carbons (Fsp3) is 0.739. The third-order valence-corrected chi connectivity index (χ3v) is 7.04. The topological polar surface area (TPSA) is 0 Å². The van der Waals surface area contributed by atoms with Crippen molar-refractivity contribution < 1.29 is 0 Å². The minimum Gasteiger partial charge on any atom is -0.0628 e. The van der Waals surface area contributed by atoms with Gasteiger partial charge in [-0.25, -0.2) is 0 Å². The van der Waals surface area contributed by atoms with Crippen LogP contribution < -0.4 is 0 Å². The van der Waals surface area contributed by atoms with E-state index in [0.29, 0.717) is 16.7 Å². The maximum absolute atomic E-state index is 2.60. The Morgan fingerprint density at radius 3 is 2.48 bits per heavy atom. The second-order valence-electron chi connectivity index (χ2n) is 9.69. The molecule has 3 rings (SSSR count). The van der Waals surface area contributed by atoms with Crippen LogP contribution in [0.3, 0.4) is 0 Å². The minimum absolute atomic E-state index is 0.408. The Kier molecular flexibility index (Phi) is 4.40. The van der Waals surface area contributed by atoms with Crippen LogP contribution in [0, 0.1) is 17.3 Å². The van der Waals surface area contributed by atoms with Crippen LogP contribution in [0.4, 0.5) is 0 Å². The van der Waals surface area contributed by atoms with Crippen LogP contribution in [0.5, 0.6) is 0 Å². The van der Waals surface area contributed by atoms with Crippen LogP contribution in [-0.2, 0) is 11.8 Å². The van der Waals surface area contributed by atoms with Gasteiger partial charge in [0.25, 0.3) is 0 Å². The van der Waals surface area contributed by atoms with Gasteiger partial charge in [0.1, 0.15) is 0 Å². The highest BCUT2D eigenvalue weighted by Crippen LogP contribution is 2.59. The molecular weight excluding hydrogens is 276 g/mol. The van der Waals surface area contributed by atoms with Crippen LogP contribution in [0.1, 0.15) is 96.3 Å². The molecule has 1 saturated carbocycles. The van der Waals surface area contributed by atoms with Crippen molar-refractivity contribution in [2.75, 3.05) is 0 Å². The molecule has 0 amide bonds. The molecule has 0 bridgehead atoms. The van der Waals surface area contributed by atoms with Crippen LogP contribution in [0.25, 0.3) is 0 Å². The van der Waals surface area contributed by atoms with Crippen LogP contribution >= 0.6 is 0 Å². The molecule has 1 fully saturated rings. The van der Waals surface area contributed by atoms with E-state index in [1.54, 1.807) is 11.1 Å². The minimum atomic E-state index is 0.408. The van der Waals surface area contributed by atoms with Gasteiger partial charge in [-0.3, -0.25) is 0 Å². The average molecular weight is 313 g/mol. The molecule has 0 saturated heterocycles. The fourth-order valence-electron chi connectivity index (χ4n) is 6.18. The molecule has 0 aliphatic heterocycles. The summed E-state index contributed by atoms with van der Waals surface area (Å²) in [5.74, 6) is 2.32. The SMILES string of the molecule is CC(C)C[C@]1(C)CCC[C@]2(C)c3ccc(C(C)C)cc3CC[C@@H]12. The maximum atomic E-state index is 2.60. The zero-order valence-electron chi connectivity index (χ0n) is 16.2. The lowest BCUT2D eigenvalue weighted by molar-refractivity contribution is 0.00955. The van der Waals surface area contributed by atoms with Gasteiger partial charge in [-0.2, -0.15) is 0 Å². The predicted molar refractivity (Wildman–Crippen MR) is 101 cm³/mol. The van der Waals surface area contributed by atoms with Gasteiger partial charge >= 0.3 is 0 Å². The van der Waals surface area contributed by atoms with Gasteiger partial charge in [0.05, 0.1) is 0 Å². The van der Waals surface area contributed by atoms with Crippen molar-refractivity contribution in [3.8, 4) is 0 Å². The normalized spacial score (nSPS) is 33.7. The molecular formula is C23H36. The van der Waals surface area contributed by atoms with E-state index >= 15 is 0 Å². The molecule has 128 valence electrons. The molecule has 0 radical (unpaired) electrons. The molecule has 23 heavy (non-hydrogen) atoms. The summed E-state index contributed by atoms with van der Waals surface area (Å²) in [5, 5.41) is 0. The lowest BCUT2D eigenvalue weighted by Crippen LogP contribution is -2.49. The van der Waals surface area contributed by atoms with Crippen molar-refractivity contribution >= 4 is 0 Å². The monoisotopic (exact) mass is 312 g/mol. The summed E-state index contributed by atoms with van der Waals surface area (Å²) < 4.78 is 0. The summed E-state index contributed by atoms with van der Waals surface area (Å²) in [4.78, 5) is 0. The molecule has 0 nitrogen and oxygen atoms in total. The molecule has 1 aromatic rings. The number of benzene rings is 1. The number of aryl methyl sites for hydroxylation is 1. The first-order chi connectivity index (χ1) is 10.8. The molecule has 0 heterocycles. The standard InChI is InChI=1S/C23H36/c1-16(2)15-22(5)12-7-13-23(6)20-10-8-18(17(3)4)14-19(20)9-11-21(22)23/h8,10,14,16-17,21H,7,9,11-13,15H2,1-6H3/t21-,22-,23+/m0/s1. The summed E-state index contributed by atoms with van der Waals surface area (Å²) in [5.41, 5.74) is 5.81. The maximum Gasteiger partial charge on any atom is -0.00390 e. The molecule has 0 aromatic heterocycles. The highest BCUT2D eigenvalue weighted by Gasteiger charge is 2.51. The Labute approximate surface area is 144 Å². The molecule has 0 spiro atoms. The summed E-state index contributed by atoms with van der Waals surface area (Å²) in [6.07, 6.45) is 8.32. The molecule has 0 heteroatoms. The first kappa shape index (κ1) is 17.1. The van der Waals surface area contributed by atoms with Gasteiger partial charge < -0.3 is 0 Å². The summed E-state index contributed by atoms with van der Waals surface area (Å²) in [6, 6.07) is 7.43. The summed E-state index contributed by atoms with van der Waals surface area (Å²) >= 11 is 0. The number of hydrogen-bond acceptors (Lipinski definition) is 0. The summed E-state index contributed by atoms with van der Waals surface area (Å²) in [7, 11) is 0. The Balaban J connectivity index is 2.00. The Morgan fingerprint density at radius 1 is 1.09 bits per heavy atom. The van der Waals surface area contributed by atoms with Crippen molar-refractivity contribution in [3.63, 3.8) is 0 Å². The fourth-order valence-corrected chi connectivity index (χ4v) is 6.18. The van der Waals surface area contributed by atoms with E-state index in [4.69, 9.17) is 0 Å². The first-order valence-electron chi connectivity index (χ1n) is 9.89. The lowest BCUT2D eigenvalue weighted by Gasteiger charge is -2.56. The third-order valence-electron chi connectivity index (χ3n) is 7.04. The Hall–Kier alpha value is -0.780. The van der Waals surface area contributed by atoms with E-state index < -0.39 is 0 Å². The van der Waals surface area contributed by atoms with Gasteiger partial charge in [-0.15, -0.1) is 0 Å².